The third kappa shape index (κ3) is 4.18. The predicted octanol–water partition coefficient (Wildman–Crippen LogP) is 1.79. The van der Waals surface area contributed by atoms with E-state index in [1.165, 1.54) is 0 Å². The van der Waals surface area contributed by atoms with Gasteiger partial charge in [-0.1, -0.05) is 13.8 Å². The van der Waals surface area contributed by atoms with Crippen molar-refractivity contribution in [2.45, 2.75) is 64.6 Å². The summed E-state index contributed by atoms with van der Waals surface area (Å²) in [5.74, 6) is 0.813. The van der Waals surface area contributed by atoms with Crippen LogP contribution in [0.3, 0.4) is 0 Å². The lowest BCUT2D eigenvalue weighted by Crippen LogP contribution is -2.50. The number of carbonyl (C=O) groups excluding carboxylic acids is 1. The van der Waals surface area contributed by atoms with Crippen LogP contribution in [0.1, 0.15) is 46.5 Å². The van der Waals surface area contributed by atoms with Gasteiger partial charge >= 0.3 is 0 Å². The quantitative estimate of drug-likeness (QED) is 0.848. The highest BCUT2D eigenvalue weighted by atomic mass is 16.5. The first kappa shape index (κ1) is 14.8. The number of piperidine rings is 1. The molecule has 1 N–H and O–H groups in total. The van der Waals surface area contributed by atoms with Gasteiger partial charge < -0.3 is 15.0 Å². The maximum absolute atomic E-state index is 11.3. The van der Waals surface area contributed by atoms with Crippen LogP contribution in [0.4, 0.5) is 0 Å². The molecule has 110 valence electrons. The highest BCUT2D eigenvalue weighted by molar-refractivity contribution is 5.73. The van der Waals surface area contributed by atoms with Crippen molar-refractivity contribution in [3.05, 3.63) is 0 Å². The van der Waals surface area contributed by atoms with Gasteiger partial charge in [-0.15, -0.1) is 0 Å². The van der Waals surface area contributed by atoms with Crippen LogP contribution in [-0.4, -0.2) is 48.7 Å². The Bertz CT molecular complexity index is 299. The topological polar surface area (TPSA) is 41.6 Å². The number of hydrogen-bond acceptors (Lipinski definition) is 3. The number of likely N-dealkylation sites (tertiary alicyclic amines) is 1. The summed E-state index contributed by atoms with van der Waals surface area (Å²) in [5, 5.41) is 3.78. The van der Waals surface area contributed by atoms with Gasteiger partial charge in [0.1, 0.15) is 0 Å². The van der Waals surface area contributed by atoms with Gasteiger partial charge in [0.25, 0.3) is 0 Å². The standard InChI is InChI=1S/C15H28N2O2/c1-11(2)15-10-14(6-9-19-15)16-13-4-7-17(8-5-13)12(3)18/h11,13-16H,4-10H2,1-3H3. The Morgan fingerprint density at radius 1 is 1.21 bits per heavy atom. The summed E-state index contributed by atoms with van der Waals surface area (Å²) in [5.41, 5.74) is 0. The molecule has 0 aromatic rings. The van der Waals surface area contributed by atoms with Crippen LogP contribution in [0, 0.1) is 5.92 Å². The fraction of sp³-hybridized carbons (Fsp3) is 0.933. The van der Waals surface area contributed by atoms with Crippen molar-refractivity contribution in [3.8, 4) is 0 Å². The summed E-state index contributed by atoms with van der Waals surface area (Å²) in [6.07, 6.45) is 4.83. The average Bonchev–Trinajstić information content (AvgIpc) is 2.39. The van der Waals surface area contributed by atoms with Crippen molar-refractivity contribution in [2.75, 3.05) is 19.7 Å². The molecule has 2 fully saturated rings. The van der Waals surface area contributed by atoms with Crippen LogP contribution in [0.15, 0.2) is 0 Å². The zero-order valence-electron chi connectivity index (χ0n) is 12.5. The van der Waals surface area contributed by atoms with Gasteiger partial charge in [-0.25, -0.2) is 0 Å². The molecule has 0 aromatic carbocycles. The lowest BCUT2D eigenvalue weighted by molar-refractivity contribution is -0.129. The van der Waals surface area contributed by atoms with E-state index >= 15 is 0 Å². The summed E-state index contributed by atoms with van der Waals surface area (Å²) >= 11 is 0. The molecule has 0 bridgehead atoms. The molecule has 4 heteroatoms. The van der Waals surface area contributed by atoms with Crippen molar-refractivity contribution in [1.82, 2.24) is 10.2 Å². The van der Waals surface area contributed by atoms with E-state index in [2.05, 4.69) is 19.2 Å². The molecule has 4 nitrogen and oxygen atoms in total. The Balaban J connectivity index is 1.74. The Morgan fingerprint density at radius 3 is 2.47 bits per heavy atom. The molecule has 2 aliphatic heterocycles. The number of amides is 1. The number of ether oxygens (including phenoxy) is 1. The summed E-state index contributed by atoms with van der Waals surface area (Å²) in [6, 6.07) is 1.17. The molecular formula is C15H28N2O2. The van der Waals surface area contributed by atoms with Gasteiger partial charge in [0, 0.05) is 38.7 Å². The Labute approximate surface area is 116 Å². The van der Waals surface area contributed by atoms with Crippen LogP contribution in [0.5, 0.6) is 0 Å². The van der Waals surface area contributed by atoms with E-state index in [1.54, 1.807) is 6.92 Å². The minimum absolute atomic E-state index is 0.212. The van der Waals surface area contributed by atoms with Gasteiger partial charge in [-0.05, 0) is 31.6 Å². The molecule has 2 saturated heterocycles. The van der Waals surface area contributed by atoms with Crippen LogP contribution in [0.2, 0.25) is 0 Å². The molecule has 2 rings (SSSR count). The zero-order chi connectivity index (χ0) is 13.8. The summed E-state index contributed by atoms with van der Waals surface area (Å²) < 4.78 is 5.81. The van der Waals surface area contributed by atoms with E-state index in [1.807, 2.05) is 4.90 Å². The van der Waals surface area contributed by atoms with Crippen LogP contribution in [-0.2, 0) is 9.53 Å². The van der Waals surface area contributed by atoms with Gasteiger partial charge in [-0.3, -0.25) is 4.79 Å². The van der Waals surface area contributed by atoms with E-state index in [0.717, 1.165) is 45.4 Å². The predicted molar refractivity (Wildman–Crippen MR) is 76.0 cm³/mol. The normalized spacial score (nSPS) is 29.8. The second-order valence-electron chi connectivity index (χ2n) is 6.32. The fourth-order valence-corrected chi connectivity index (χ4v) is 3.14. The smallest absolute Gasteiger partial charge is 0.219 e. The largest absolute Gasteiger partial charge is 0.378 e. The minimum atomic E-state index is 0.212. The van der Waals surface area contributed by atoms with Crippen molar-refractivity contribution in [3.63, 3.8) is 0 Å². The second kappa shape index (κ2) is 6.71. The molecule has 0 radical (unpaired) electrons. The van der Waals surface area contributed by atoms with Gasteiger partial charge in [0.05, 0.1) is 6.10 Å². The van der Waals surface area contributed by atoms with Crippen LogP contribution >= 0.6 is 0 Å². The lowest BCUT2D eigenvalue weighted by Gasteiger charge is -2.37. The third-order valence-corrected chi connectivity index (χ3v) is 4.47. The van der Waals surface area contributed by atoms with Crippen molar-refractivity contribution < 1.29 is 9.53 Å². The first-order chi connectivity index (χ1) is 9.06. The maximum atomic E-state index is 11.3. The van der Waals surface area contributed by atoms with Crippen LogP contribution in [0.25, 0.3) is 0 Å². The van der Waals surface area contributed by atoms with E-state index < -0.39 is 0 Å². The Kier molecular flexibility index (Phi) is 5.22. The number of nitrogens with one attached hydrogen (secondary N) is 1. The molecule has 2 aliphatic rings. The Morgan fingerprint density at radius 2 is 1.89 bits per heavy atom. The maximum Gasteiger partial charge on any atom is 0.219 e. The van der Waals surface area contributed by atoms with E-state index in [9.17, 15) is 4.79 Å². The molecule has 2 atom stereocenters. The number of hydrogen-bond donors (Lipinski definition) is 1. The number of nitrogens with zero attached hydrogens (tertiary/aromatic N) is 1. The van der Waals surface area contributed by atoms with Crippen molar-refractivity contribution in [2.24, 2.45) is 5.92 Å². The first-order valence-electron chi connectivity index (χ1n) is 7.69. The van der Waals surface area contributed by atoms with Gasteiger partial charge in [0.2, 0.25) is 5.91 Å². The highest BCUT2D eigenvalue weighted by Gasteiger charge is 2.28. The summed E-state index contributed by atoms with van der Waals surface area (Å²) in [7, 11) is 0. The molecule has 0 aliphatic carbocycles. The van der Waals surface area contributed by atoms with E-state index in [0.29, 0.717) is 24.1 Å². The monoisotopic (exact) mass is 268 g/mol. The zero-order valence-corrected chi connectivity index (χ0v) is 12.5. The van der Waals surface area contributed by atoms with Gasteiger partial charge in [0.15, 0.2) is 0 Å². The Hall–Kier alpha value is -0.610. The molecule has 0 aromatic heterocycles. The highest BCUT2D eigenvalue weighted by Crippen LogP contribution is 2.22. The number of rotatable bonds is 3. The lowest BCUT2D eigenvalue weighted by atomic mass is 9.93. The molecular weight excluding hydrogens is 240 g/mol. The fourth-order valence-electron chi connectivity index (χ4n) is 3.14. The SMILES string of the molecule is CC(=O)N1CCC(NC2CCOC(C(C)C)C2)CC1. The summed E-state index contributed by atoms with van der Waals surface area (Å²) in [4.78, 5) is 13.3. The molecule has 2 heterocycles. The third-order valence-electron chi connectivity index (χ3n) is 4.47. The molecule has 0 spiro atoms. The molecule has 1 amide bonds. The molecule has 2 unspecified atom stereocenters. The minimum Gasteiger partial charge on any atom is -0.378 e. The van der Waals surface area contributed by atoms with Crippen molar-refractivity contribution >= 4 is 5.91 Å². The van der Waals surface area contributed by atoms with E-state index in [4.69, 9.17) is 4.74 Å². The van der Waals surface area contributed by atoms with Crippen molar-refractivity contribution in [1.29, 1.82) is 0 Å². The molecule has 0 saturated carbocycles. The average molecular weight is 268 g/mol. The van der Waals surface area contributed by atoms with E-state index in [-0.39, 0.29) is 5.91 Å². The van der Waals surface area contributed by atoms with Crippen LogP contribution < -0.4 is 5.32 Å². The summed E-state index contributed by atoms with van der Waals surface area (Å²) in [6.45, 7) is 8.83. The molecule has 19 heavy (non-hydrogen) atoms. The second-order valence-corrected chi connectivity index (χ2v) is 6.32. The van der Waals surface area contributed by atoms with Gasteiger partial charge in [-0.2, -0.15) is 0 Å². The first-order valence-corrected chi connectivity index (χ1v) is 7.69. The number of carbonyl (C=O) groups is 1.